The van der Waals surface area contributed by atoms with Crippen molar-refractivity contribution in [1.29, 1.82) is 0 Å². The number of hydrogen-bond donors (Lipinski definition) is 1. The quantitative estimate of drug-likeness (QED) is 0.422. The van der Waals surface area contributed by atoms with E-state index < -0.39 is 0 Å². The lowest BCUT2D eigenvalue weighted by molar-refractivity contribution is -0.0492. The summed E-state index contributed by atoms with van der Waals surface area (Å²) in [4.78, 5) is 0. The molecule has 0 aromatic carbocycles. The molecule has 4 rings (SSSR count). The van der Waals surface area contributed by atoms with Gasteiger partial charge in [-0.05, 0) is 117 Å². The SMILES string of the molecule is CC(C)CCC[C@@H](C)[C@H]1CC[C@H]2[C@@H]3CC=C4C[C](CCN)CC[C@]4(C)[C@H]3CC[C@]12C. The Morgan fingerprint density at radius 3 is 2.57 bits per heavy atom. The molecule has 0 aliphatic heterocycles. The van der Waals surface area contributed by atoms with Crippen LogP contribution in [0.3, 0.4) is 0 Å². The summed E-state index contributed by atoms with van der Waals surface area (Å²) < 4.78 is 0. The van der Waals surface area contributed by atoms with Crippen molar-refractivity contribution >= 4 is 0 Å². The lowest BCUT2D eigenvalue weighted by Gasteiger charge is -2.58. The summed E-state index contributed by atoms with van der Waals surface area (Å²) in [7, 11) is 0. The van der Waals surface area contributed by atoms with E-state index in [4.69, 9.17) is 5.73 Å². The zero-order valence-corrected chi connectivity index (χ0v) is 20.8. The van der Waals surface area contributed by atoms with E-state index in [0.29, 0.717) is 10.8 Å². The maximum Gasteiger partial charge on any atom is -0.00717 e. The molecule has 1 nitrogen and oxygen atoms in total. The first-order valence-corrected chi connectivity index (χ1v) is 13.5. The third kappa shape index (κ3) is 3.95. The van der Waals surface area contributed by atoms with Crippen LogP contribution < -0.4 is 5.73 Å². The molecule has 4 aliphatic carbocycles. The smallest absolute Gasteiger partial charge is 0.00717 e. The molecular formula is C29H50N. The first kappa shape index (κ1) is 22.9. The number of nitrogens with two attached hydrogens (primary N) is 1. The average Bonchev–Trinajstić information content (AvgIpc) is 3.05. The van der Waals surface area contributed by atoms with Crippen LogP contribution in [-0.2, 0) is 0 Å². The molecule has 7 atom stereocenters. The Morgan fingerprint density at radius 2 is 1.83 bits per heavy atom. The van der Waals surface area contributed by atoms with Gasteiger partial charge in [-0.1, -0.05) is 65.5 Å². The molecule has 0 aromatic rings. The molecule has 171 valence electrons. The van der Waals surface area contributed by atoms with Gasteiger partial charge in [0.05, 0.1) is 0 Å². The van der Waals surface area contributed by atoms with E-state index in [0.717, 1.165) is 48.5 Å². The number of rotatable bonds is 7. The van der Waals surface area contributed by atoms with Crippen LogP contribution in [0, 0.1) is 52.3 Å². The summed E-state index contributed by atoms with van der Waals surface area (Å²) in [6.07, 6.45) is 19.6. The van der Waals surface area contributed by atoms with E-state index in [-0.39, 0.29) is 0 Å². The van der Waals surface area contributed by atoms with Crippen molar-refractivity contribution in [2.24, 2.45) is 52.1 Å². The molecule has 0 saturated heterocycles. The highest BCUT2D eigenvalue weighted by Gasteiger charge is 2.59. The summed E-state index contributed by atoms with van der Waals surface area (Å²) in [6, 6.07) is 0. The van der Waals surface area contributed by atoms with Gasteiger partial charge in [0.25, 0.3) is 0 Å². The van der Waals surface area contributed by atoms with Crippen molar-refractivity contribution in [1.82, 2.24) is 0 Å². The maximum atomic E-state index is 5.88. The molecule has 3 saturated carbocycles. The average molecular weight is 413 g/mol. The molecule has 0 heterocycles. The lowest BCUT2D eigenvalue weighted by Crippen LogP contribution is -2.50. The molecule has 0 aromatic heterocycles. The first-order chi connectivity index (χ1) is 14.3. The van der Waals surface area contributed by atoms with Crippen molar-refractivity contribution in [3.8, 4) is 0 Å². The van der Waals surface area contributed by atoms with Crippen molar-refractivity contribution in [2.75, 3.05) is 6.54 Å². The summed E-state index contributed by atoms with van der Waals surface area (Å²) in [5.74, 6) is 7.38. The molecule has 1 radical (unpaired) electrons. The highest BCUT2D eigenvalue weighted by molar-refractivity contribution is 5.29. The van der Waals surface area contributed by atoms with Crippen molar-refractivity contribution in [3.05, 3.63) is 17.6 Å². The Morgan fingerprint density at radius 1 is 1.03 bits per heavy atom. The second kappa shape index (κ2) is 8.92. The molecule has 4 aliphatic rings. The summed E-state index contributed by atoms with van der Waals surface area (Å²) in [5, 5.41) is 0. The van der Waals surface area contributed by atoms with Gasteiger partial charge >= 0.3 is 0 Å². The standard InChI is InChI=1S/C29H50N/c1-20(2)7-6-8-21(3)25-11-12-26-24-10-9-23-19-22(15-18-30)13-16-28(23,4)27(24)14-17-29(25,26)5/h9,20-21,24-27H,6-8,10-19,30H2,1-5H3/t21-,24+,25-,26+,27+,28+,29-/m1/s1. The molecular weight excluding hydrogens is 362 g/mol. The fourth-order valence-electron chi connectivity index (χ4n) is 9.01. The van der Waals surface area contributed by atoms with Gasteiger partial charge in [-0.25, -0.2) is 0 Å². The largest absolute Gasteiger partial charge is 0.330 e. The summed E-state index contributed by atoms with van der Waals surface area (Å²) in [6.45, 7) is 13.6. The minimum absolute atomic E-state index is 0.489. The predicted octanol–water partition coefficient (Wildman–Crippen LogP) is 7.95. The topological polar surface area (TPSA) is 26.0 Å². The van der Waals surface area contributed by atoms with Crippen molar-refractivity contribution < 1.29 is 0 Å². The molecule has 0 unspecified atom stereocenters. The molecule has 3 fully saturated rings. The predicted molar refractivity (Wildman–Crippen MR) is 130 cm³/mol. The van der Waals surface area contributed by atoms with Crippen LogP contribution in [0.4, 0.5) is 0 Å². The van der Waals surface area contributed by atoms with Crippen LogP contribution in [0.15, 0.2) is 11.6 Å². The van der Waals surface area contributed by atoms with E-state index in [1.54, 1.807) is 11.5 Å². The van der Waals surface area contributed by atoms with E-state index in [1.165, 1.54) is 70.6 Å². The molecule has 2 N–H and O–H groups in total. The fourth-order valence-corrected chi connectivity index (χ4v) is 9.01. The minimum Gasteiger partial charge on any atom is -0.330 e. The molecule has 0 bridgehead atoms. The van der Waals surface area contributed by atoms with Gasteiger partial charge in [0.1, 0.15) is 0 Å². The number of fused-ring (bicyclic) bond motifs is 5. The Labute approximate surface area is 188 Å². The second-order valence-electron chi connectivity index (χ2n) is 12.8. The third-order valence-corrected chi connectivity index (χ3v) is 10.8. The maximum absolute atomic E-state index is 5.88. The Kier molecular flexibility index (Phi) is 6.80. The Bertz CT molecular complexity index is 620. The molecule has 30 heavy (non-hydrogen) atoms. The monoisotopic (exact) mass is 412 g/mol. The third-order valence-electron chi connectivity index (χ3n) is 10.8. The van der Waals surface area contributed by atoms with Crippen LogP contribution in [0.5, 0.6) is 0 Å². The molecule has 0 spiro atoms. The van der Waals surface area contributed by atoms with E-state index in [9.17, 15) is 0 Å². The van der Waals surface area contributed by atoms with Crippen molar-refractivity contribution in [2.45, 2.75) is 112 Å². The Balaban J connectivity index is 1.47. The highest BCUT2D eigenvalue weighted by Crippen LogP contribution is 2.67. The fraction of sp³-hybridized carbons (Fsp3) is 0.897. The zero-order chi connectivity index (χ0) is 21.5. The first-order valence-electron chi connectivity index (χ1n) is 13.5. The summed E-state index contributed by atoms with van der Waals surface area (Å²) >= 11 is 0. The van der Waals surface area contributed by atoms with Gasteiger partial charge in [-0.3, -0.25) is 0 Å². The van der Waals surface area contributed by atoms with Crippen molar-refractivity contribution in [3.63, 3.8) is 0 Å². The van der Waals surface area contributed by atoms with E-state index in [1.807, 2.05) is 0 Å². The van der Waals surface area contributed by atoms with Gasteiger partial charge in [0.15, 0.2) is 0 Å². The Hall–Kier alpha value is -0.300. The summed E-state index contributed by atoms with van der Waals surface area (Å²) in [5.41, 5.74) is 8.79. The van der Waals surface area contributed by atoms with Gasteiger partial charge in [0.2, 0.25) is 0 Å². The van der Waals surface area contributed by atoms with E-state index in [2.05, 4.69) is 40.7 Å². The number of hydrogen-bond acceptors (Lipinski definition) is 1. The van der Waals surface area contributed by atoms with Gasteiger partial charge in [0, 0.05) is 0 Å². The minimum atomic E-state index is 0.489. The van der Waals surface area contributed by atoms with Crippen LogP contribution in [-0.4, -0.2) is 6.54 Å². The number of allylic oxidation sites excluding steroid dienone is 2. The zero-order valence-electron chi connectivity index (χ0n) is 20.8. The van der Waals surface area contributed by atoms with Gasteiger partial charge in [-0.2, -0.15) is 0 Å². The van der Waals surface area contributed by atoms with Gasteiger partial charge < -0.3 is 5.73 Å². The van der Waals surface area contributed by atoms with Crippen LogP contribution in [0.1, 0.15) is 112 Å². The second-order valence-corrected chi connectivity index (χ2v) is 12.8. The van der Waals surface area contributed by atoms with E-state index >= 15 is 0 Å². The highest BCUT2D eigenvalue weighted by atomic mass is 14.6. The molecule has 0 amide bonds. The normalized spacial score (nSPS) is 42.4. The molecule has 1 heteroatoms. The van der Waals surface area contributed by atoms with Crippen LogP contribution in [0.2, 0.25) is 0 Å². The van der Waals surface area contributed by atoms with Crippen LogP contribution >= 0.6 is 0 Å². The van der Waals surface area contributed by atoms with Crippen LogP contribution in [0.25, 0.3) is 0 Å². The van der Waals surface area contributed by atoms with Gasteiger partial charge in [-0.15, -0.1) is 0 Å². The lowest BCUT2D eigenvalue weighted by atomic mass is 9.46.